The lowest BCUT2D eigenvalue weighted by Crippen LogP contribution is -2.38. The zero-order valence-electron chi connectivity index (χ0n) is 12.3. The van der Waals surface area contributed by atoms with Gasteiger partial charge in [-0.3, -0.25) is 9.59 Å². The van der Waals surface area contributed by atoms with Gasteiger partial charge in [0.05, 0.1) is 12.0 Å². The summed E-state index contributed by atoms with van der Waals surface area (Å²) < 4.78 is 26.7. The Morgan fingerprint density at radius 2 is 1.65 bits per heavy atom. The van der Waals surface area contributed by atoms with Gasteiger partial charge in [0.15, 0.2) is 5.78 Å². The molecule has 0 aromatic heterocycles. The Balaban J connectivity index is 1.67. The van der Waals surface area contributed by atoms with Crippen LogP contribution < -0.4 is 5.32 Å². The Kier molecular flexibility index (Phi) is 3.94. The van der Waals surface area contributed by atoms with E-state index < -0.39 is 17.0 Å². The molecule has 1 fully saturated rings. The Bertz CT molecular complexity index is 752. The average molecular weight is 315 g/mol. The zero-order valence-corrected chi connectivity index (χ0v) is 12.3. The highest BCUT2D eigenvalue weighted by molar-refractivity contribution is 6.01. The van der Waals surface area contributed by atoms with E-state index in [1.165, 1.54) is 30.3 Å². The van der Waals surface area contributed by atoms with Gasteiger partial charge in [0.2, 0.25) is 5.91 Å². The Labute approximate surface area is 132 Å². The lowest BCUT2D eigenvalue weighted by atomic mass is 9.94. The van der Waals surface area contributed by atoms with E-state index in [1.54, 1.807) is 18.2 Å². The van der Waals surface area contributed by atoms with Gasteiger partial charge in [-0.05, 0) is 43.2 Å². The third-order valence-corrected chi connectivity index (χ3v) is 4.15. The molecule has 0 unspecified atom stereocenters. The van der Waals surface area contributed by atoms with Crippen molar-refractivity contribution < 1.29 is 18.4 Å². The number of benzene rings is 2. The van der Waals surface area contributed by atoms with Crippen molar-refractivity contribution in [2.24, 2.45) is 0 Å². The Hall–Kier alpha value is -2.56. The van der Waals surface area contributed by atoms with Crippen LogP contribution in [0.15, 0.2) is 48.5 Å². The molecular formula is C18H15F2NO2. The summed E-state index contributed by atoms with van der Waals surface area (Å²) >= 11 is 0. The van der Waals surface area contributed by atoms with Crippen LogP contribution in [0.2, 0.25) is 0 Å². The van der Waals surface area contributed by atoms with E-state index in [0.29, 0.717) is 24.0 Å². The number of rotatable bonds is 5. The molecular weight excluding hydrogens is 300 g/mol. The smallest absolute Gasteiger partial charge is 0.231 e. The maximum atomic E-state index is 13.9. The molecule has 5 heteroatoms. The Morgan fingerprint density at radius 1 is 1.00 bits per heavy atom. The summed E-state index contributed by atoms with van der Waals surface area (Å²) in [6.07, 6.45) is 1.12. The first-order chi connectivity index (χ1) is 11.0. The first-order valence-corrected chi connectivity index (χ1v) is 7.35. The summed E-state index contributed by atoms with van der Waals surface area (Å²) in [4.78, 5) is 24.4. The highest BCUT2D eigenvalue weighted by atomic mass is 19.1. The second kappa shape index (κ2) is 5.91. The number of halogens is 2. The molecule has 1 aliphatic carbocycles. The Morgan fingerprint density at radius 3 is 2.26 bits per heavy atom. The summed E-state index contributed by atoms with van der Waals surface area (Å²) in [5.41, 5.74) is -0.178. The van der Waals surface area contributed by atoms with Gasteiger partial charge in [-0.15, -0.1) is 0 Å². The quantitative estimate of drug-likeness (QED) is 0.862. The number of nitrogens with one attached hydrogen (secondary N) is 1. The molecule has 2 aromatic rings. The van der Waals surface area contributed by atoms with Crippen LogP contribution in [-0.2, 0) is 10.2 Å². The first kappa shape index (κ1) is 15.3. The molecule has 1 N–H and O–H groups in total. The zero-order chi connectivity index (χ0) is 16.4. The maximum Gasteiger partial charge on any atom is 0.231 e. The SMILES string of the molecule is O=C(CNC(=O)C1(c2ccccc2F)CC1)c1ccc(F)cc1. The molecule has 1 saturated carbocycles. The van der Waals surface area contributed by atoms with Gasteiger partial charge in [0.25, 0.3) is 0 Å². The monoisotopic (exact) mass is 315 g/mol. The molecule has 23 heavy (non-hydrogen) atoms. The molecule has 1 amide bonds. The van der Waals surface area contributed by atoms with E-state index in [0.717, 1.165) is 0 Å². The van der Waals surface area contributed by atoms with Gasteiger partial charge in [0, 0.05) is 11.1 Å². The number of amides is 1. The molecule has 0 radical (unpaired) electrons. The van der Waals surface area contributed by atoms with Crippen molar-refractivity contribution in [2.75, 3.05) is 6.54 Å². The van der Waals surface area contributed by atoms with Gasteiger partial charge in [0.1, 0.15) is 11.6 Å². The molecule has 0 bridgehead atoms. The summed E-state index contributed by atoms with van der Waals surface area (Å²) in [5, 5.41) is 2.58. The fourth-order valence-corrected chi connectivity index (χ4v) is 2.66. The number of hydrogen-bond donors (Lipinski definition) is 1. The minimum atomic E-state index is -0.867. The number of hydrogen-bond acceptors (Lipinski definition) is 2. The topological polar surface area (TPSA) is 46.2 Å². The second-order valence-electron chi connectivity index (χ2n) is 5.67. The lowest BCUT2D eigenvalue weighted by Gasteiger charge is -2.16. The van der Waals surface area contributed by atoms with Crippen molar-refractivity contribution in [3.05, 3.63) is 71.3 Å². The largest absolute Gasteiger partial charge is 0.348 e. The van der Waals surface area contributed by atoms with Gasteiger partial charge in [-0.2, -0.15) is 0 Å². The standard InChI is InChI=1S/C18H15F2NO2/c19-13-7-5-12(6-8-13)16(22)11-21-17(23)18(9-10-18)14-3-1-2-4-15(14)20/h1-8H,9-11H2,(H,21,23). The molecule has 0 saturated heterocycles. The second-order valence-corrected chi connectivity index (χ2v) is 5.67. The molecule has 2 aromatic carbocycles. The van der Waals surface area contributed by atoms with Crippen LogP contribution in [0.1, 0.15) is 28.8 Å². The summed E-state index contributed by atoms with van der Waals surface area (Å²) in [6.45, 7) is -0.194. The first-order valence-electron chi connectivity index (χ1n) is 7.35. The predicted molar refractivity (Wildman–Crippen MR) is 81.1 cm³/mol. The van der Waals surface area contributed by atoms with Crippen molar-refractivity contribution in [2.45, 2.75) is 18.3 Å². The highest BCUT2D eigenvalue weighted by Gasteiger charge is 2.52. The molecule has 118 valence electrons. The van der Waals surface area contributed by atoms with Crippen molar-refractivity contribution in [1.82, 2.24) is 5.32 Å². The molecule has 3 nitrogen and oxygen atoms in total. The summed E-state index contributed by atoms with van der Waals surface area (Å²) in [6, 6.07) is 11.3. The van der Waals surface area contributed by atoms with Crippen LogP contribution in [0.4, 0.5) is 8.78 Å². The third-order valence-electron chi connectivity index (χ3n) is 4.15. The predicted octanol–water partition coefficient (Wildman–Crippen LogP) is 3.00. The number of carbonyl (C=O) groups is 2. The van der Waals surface area contributed by atoms with Gasteiger partial charge in [-0.25, -0.2) is 8.78 Å². The highest BCUT2D eigenvalue weighted by Crippen LogP contribution is 2.49. The van der Waals surface area contributed by atoms with E-state index in [1.807, 2.05) is 0 Å². The van der Waals surface area contributed by atoms with E-state index in [-0.39, 0.29) is 18.2 Å². The summed E-state index contributed by atoms with van der Waals surface area (Å²) in [7, 11) is 0. The van der Waals surface area contributed by atoms with Crippen LogP contribution in [0.3, 0.4) is 0 Å². The number of carbonyl (C=O) groups excluding carboxylic acids is 2. The van der Waals surface area contributed by atoms with Gasteiger partial charge in [-0.1, -0.05) is 18.2 Å². The van der Waals surface area contributed by atoms with Crippen LogP contribution in [0, 0.1) is 11.6 Å². The van der Waals surface area contributed by atoms with Crippen molar-refractivity contribution >= 4 is 11.7 Å². The minimum Gasteiger partial charge on any atom is -0.348 e. The van der Waals surface area contributed by atoms with Gasteiger partial charge < -0.3 is 5.32 Å². The maximum absolute atomic E-state index is 13.9. The molecule has 0 aliphatic heterocycles. The van der Waals surface area contributed by atoms with Gasteiger partial charge >= 0.3 is 0 Å². The molecule has 0 spiro atoms. The third kappa shape index (κ3) is 2.99. The fraction of sp³-hybridized carbons (Fsp3) is 0.222. The van der Waals surface area contributed by atoms with Crippen molar-refractivity contribution in [3.63, 3.8) is 0 Å². The molecule has 1 aliphatic rings. The van der Waals surface area contributed by atoms with Crippen molar-refractivity contribution in [3.8, 4) is 0 Å². The van der Waals surface area contributed by atoms with Crippen LogP contribution in [0.5, 0.6) is 0 Å². The van der Waals surface area contributed by atoms with E-state index >= 15 is 0 Å². The molecule has 3 rings (SSSR count). The minimum absolute atomic E-state index is 0.194. The van der Waals surface area contributed by atoms with Crippen molar-refractivity contribution in [1.29, 1.82) is 0 Å². The summed E-state index contributed by atoms with van der Waals surface area (Å²) in [5.74, 6) is -1.51. The van der Waals surface area contributed by atoms with Crippen LogP contribution in [0.25, 0.3) is 0 Å². The normalized spacial score (nSPS) is 15.0. The van der Waals surface area contributed by atoms with E-state index in [2.05, 4.69) is 5.32 Å². The van der Waals surface area contributed by atoms with E-state index in [9.17, 15) is 18.4 Å². The number of ketones is 1. The van der Waals surface area contributed by atoms with E-state index in [4.69, 9.17) is 0 Å². The molecule has 0 heterocycles. The van der Waals surface area contributed by atoms with Crippen LogP contribution in [-0.4, -0.2) is 18.2 Å². The number of Topliss-reactive ketones (excluding diaryl/α,β-unsaturated/α-hetero) is 1. The molecule has 0 atom stereocenters. The van der Waals surface area contributed by atoms with Crippen LogP contribution >= 0.6 is 0 Å². The fourth-order valence-electron chi connectivity index (χ4n) is 2.66. The lowest BCUT2D eigenvalue weighted by molar-refractivity contribution is -0.123. The average Bonchev–Trinajstić information content (AvgIpc) is 3.35.